The van der Waals surface area contributed by atoms with Crippen molar-refractivity contribution < 1.29 is 22.7 Å². The van der Waals surface area contributed by atoms with Gasteiger partial charge in [-0.2, -0.15) is 4.31 Å². The molecular weight excluding hydrogens is 418 g/mol. The third kappa shape index (κ3) is 4.57. The first-order chi connectivity index (χ1) is 14.8. The zero-order valence-corrected chi connectivity index (χ0v) is 19.1. The lowest BCUT2D eigenvalue weighted by molar-refractivity contribution is -0.132. The average Bonchev–Trinajstić information content (AvgIpc) is 2.75. The number of fused-ring (bicyclic) bond motifs is 1. The maximum absolute atomic E-state index is 13.3. The molecule has 170 valence electrons. The molecule has 0 bridgehead atoms. The van der Waals surface area contributed by atoms with Crippen molar-refractivity contribution >= 4 is 27.5 Å². The van der Waals surface area contributed by atoms with Gasteiger partial charge in [-0.15, -0.1) is 0 Å². The number of sulfonamides is 1. The molecule has 2 saturated heterocycles. The Morgan fingerprint density at radius 3 is 2.45 bits per heavy atom. The van der Waals surface area contributed by atoms with Crippen LogP contribution in [-0.4, -0.2) is 68.8 Å². The molecule has 0 radical (unpaired) electrons. The Morgan fingerprint density at radius 1 is 1.10 bits per heavy atom. The van der Waals surface area contributed by atoms with E-state index in [0.717, 1.165) is 25.7 Å². The Labute approximate surface area is 184 Å². The predicted octanol–water partition coefficient (Wildman–Crippen LogP) is 2.09. The van der Waals surface area contributed by atoms with Gasteiger partial charge < -0.3 is 9.64 Å². The summed E-state index contributed by atoms with van der Waals surface area (Å²) in [4.78, 5) is 28.7. The third-order valence-electron chi connectivity index (χ3n) is 6.35. The summed E-state index contributed by atoms with van der Waals surface area (Å²) in [6.07, 6.45) is 4.05. The van der Waals surface area contributed by atoms with E-state index in [-0.39, 0.29) is 29.9 Å². The van der Waals surface area contributed by atoms with Crippen molar-refractivity contribution in [1.82, 2.24) is 9.21 Å². The first-order valence-electron chi connectivity index (χ1n) is 11.1. The Bertz CT molecular complexity index is 948. The van der Waals surface area contributed by atoms with Crippen LogP contribution in [0.3, 0.4) is 0 Å². The molecule has 0 spiro atoms. The standard InChI is InChI=1S/C22H31N3O5S/c1-16-10-17(2)13-24(12-16)31(28,29)18-6-7-20-19(11-18)25(22(27)15-30-20)14-21(26)23-8-4-3-5-9-23/h6-7,11,16-17H,3-5,8-10,12-15H2,1-2H3/t16-,17-/m1/s1. The number of ether oxygens (including phenoxy) is 1. The highest BCUT2D eigenvalue weighted by atomic mass is 32.2. The van der Waals surface area contributed by atoms with E-state index in [1.165, 1.54) is 21.3 Å². The number of likely N-dealkylation sites (tertiary alicyclic amines) is 1. The number of carbonyl (C=O) groups is 2. The number of anilines is 1. The number of piperidine rings is 2. The van der Waals surface area contributed by atoms with Gasteiger partial charge in [0.1, 0.15) is 12.3 Å². The average molecular weight is 450 g/mol. The molecule has 3 aliphatic rings. The molecule has 0 N–H and O–H groups in total. The van der Waals surface area contributed by atoms with E-state index in [2.05, 4.69) is 13.8 Å². The largest absolute Gasteiger partial charge is 0.482 e. The summed E-state index contributed by atoms with van der Waals surface area (Å²) in [6, 6.07) is 4.59. The fourth-order valence-corrected chi connectivity index (χ4v) is 6.55. The van der Waals surface area contributed by atoms with Crippen LogP contribution < -0.4 is 9.64 Å². The number of hydrogen-bond acceptors (Lipinski definition) is 5. The molecule has 2 atom stereocenters. The molecular formula is C22H31N3O5S. The van der Waals surface area contributed by atoms with Gasteiger partial charge in [0.15, 0.2) is 6.61 Å². The van der Waals surface area contributed by atoms with Gasteiger partial charge in [0.05, 0.1) is 10.6 Å². The topological polar surface area (TPSA) is 87.2 Å². The Morgan fingerprint density at radius 2 is 1.77 bits per heavy atom. The molecule has 0 aromatic heterocycles. The molecule has 8 nitrogen and oxygen atoms in total. The third-order valence-corrected chi connectivity index (χ3v) is 8.18. The fourth-order valence-electron chi connectivity index (χ4n) is 4.85. The van der Waals surface area contributed by atoms with Gasteiger partial charge in [-0.1, -0.05) is 13.8 Å². The Balaban J connectivity index is 1.61. The summed E-state index contributed by atoms with van der Waals surface area (Å²) in [5.74, 6) is 0.547. The smallest absolute Gasteiger partial charge is 0.265 e. The first-order valence-corrected chi connectivity index (χ1v) is 12.5. The molecule has 2 amide bonds. The SMILES string of the molecule is C[C@@H]1C[C@@H](C)CN(S(=O)(=O)c2ccc3c(c2)N(CC(=O)N2CCCCC2)C(=O)CO3)C1. The maximum atomic E-state index is 13.3. The second-order valence-corrected chi connectivity index (χ2v) is 11.0. The van der Waals surface area contributed by atoms with Crippen molar-refractivity contribution in [3.8, 4) is 5.75 Å². The normalized spacial score (nSPS) is 25.2. The quantitative estimate of drug-likeness (QED) is 0.703. The van der Waals surface area contributed by atoms with Crippen LogP contribution in [0.15, 0.2) is 23.1 Å². The highest BCUT2D eigenvalue weighted by molar-refractivity contribution is 7.89. The van der Waals surface area contributed by atoms with Gasteiger partial charge in [0, 0.05) is 26.2 Å². The summed E-state index contributed by atoms with van der Waals surface area (Å²) in [6.45, 7) is 6.22. The lowest BCUT2D eigenvalue weighted by Gasteiger charge is -2.35. The van der Waals surface area contributed by atoms with Crippen molar-refractivity contribution in [3.05, 3.63) is 18.2 Å². The number of hydrogen-bond donors (Lipinski definition) is 0. The van der Waals surface area contributed by atoms with Crippen LogP contribution in [0.2, 0.25) is 0 Å². The van der Waals surface area contributed by atoms with Crippen molar-refractivity contribution in [3.63, 3.8) is 0 Å². The van der Waals surface area contributed by atoms with Crippen LogP contribution in [0.5, 0.6) is 5.75 Å². The molecule has 0 saturated carbocycles. The number of nitrogens with zero attached hydrogens (tertiary/aromatic N) is 3. The van der Waals surface area contributed by atoms with E-state index < -0.39 is 10.0 Å². The minimum Gasteiger partial charge on any atom is -0.482 e. The zero-order chi connectivity index (χ0) is 22.2. The molecule has 1 aromatic rings. The van der Waals surface area contributed by atoms with Crippen LogP contribution in [0.1, 0.15) is 39.5 Å². The minimum atomic E-state index is -3.71. The summed E-state index contributed by atoms with van der Waals surface area (Å²) in [5, 5.41) is 0. The van der Waals surface area contributed by atoms with Crippen molar-refractivity contribution in [2.24, 2.45) is 11.8 Å². The second kappa shape index (κ2) is 8.78. The van der Waals surface area contributed by atoms with E-state index in [1.54, 1.807) is 11.0 Å². The maximum Gasteiger partial charge on any atom is 0.265 e. The van der Waals surface area contributed by atoms with Gasteiger partial charge in [-0.05, 0) is 55.7 Å². The molecule has 0 unspecified atom stereocenters. The van der Waals surface area contributed by atoms with E-state index in [1.807, 2.05) is 0 Å². The van der Waals surface area contributed by atoms with Crippen molar-refractivity contribution in [1.29, 1.82) is 0 Å². The number of rotatable bonds is 4. The van der Waals surface area contributed by atoms with Gasteiger partial charge in [0.25, 0.3) is 5.91 Å². The number of amides is 2. The lowest BCUT2D eigenvalue weighted by Crippen LogP contribution is -2.47. The van der Waals surface area contributed by atoms with Crippen LogP contribution in [0.4, 0.5) is 5.69 Å². The van der Waals surface area contributed by atoms with Gasteiger partial charge in [-0.25, -0.2) is 8.42 Å². The van der Waals surface area contributed by atoms with Gasteiger partial charge in [-0.3, -0.25) is 14.5 Å². The molecule has 1 aromatic carbocycles. The molecule has 3 heterocycles. The van der Waals surface area contributed by atoms with E-state index in [9.17, 15) is 18.0 Å². The minimum absolute atomic E-state index is 0.101. The van der Waals surface area contributed by atoms with Crippen LogP contribution >= 0.6 is 0 Å². The summed E-state index contributed by atoms with van der Waals surface area (Å²) in [5.41, 5.74) is 0.348. The number of carbonyl (C=O) groups excluding carboxylic acids is 2. The summed E-state index contributed by atoms with van der Waals surface area (Å²) < 4.78 is 33.7. The highest BCUT2D eigenvalue weighted by Crippen LogP contribution is 2.36. The molecule has 4 rings (SSSR count). The highest BCUT2D eigenvalue weighted by Gasteiger charge is 2.34. The van der Waals surface area contributed by atoms with E-state index in [0.29, 0.717) is 49.5 Å². The Hall–Kier alpha value is -2.13. The van der Waals surface area contributed by atoms with Gasteiger partial charge in [0.2, 0.25) is 15.9 Å². The predicted molar refractivity (Wildman–Crippen MR) is 116 cm³/mol. The van der Waals surface area contributed by atoms with Crippen molar-refractivity contribution in [2.45, 2.75) is 44.4 Å². The molecule has 3 aliphatic heterocycles. The first kappa shape index (κ1) is 22.1. The van der Waals surface area contributed by atoms with Crippen LogP contribution in [0.25, 0.3) is 0 Å². The summed E-state index contributed by atoms with van der Waals surface area (Å²) >= 11 is 0. The fraction of sp³-hybridized carbons (Fsp3) is 0.636. The molecule has 0 aliphatic carbocycles. The molecule has 9 heteroatoms. The second-order valence-electron chi connectivity index (χ2n) is 9.11. The molecule has 31 heavy (non-hydrogen) atoms. The monoisotopic (exact) mass is 449 g/mol. The Kier molecular flexibility index (Phi) is 6.25. The zero-order valence-electron chi connectivity index (χ0n) is 18.2. The van der Waals surface area contributed by atoms with Gasteiger partial charge >= 0.3 is 0 Å². The number of benzene rings is 1. The van der Waals surface area contributed by atoms with Crippen LogP contribution in [0, 0.1) is 11.8 Å². The van der Waals surface area contributed by atoms with Crippen LogP contribution in [-0.2, 0) is 19.6 Å². The lowest BCUT2D eigenvalue weighted by atomic mass is 9.94. The van der Waals surface area contributed by atoms with Crippen molar-refractivity contribution in [2.75, 3.05) is 44.2 Å². The molecule has 2 fully saturated rings. The van der Waals surface area contributed by atoms with E-state index >= 15 is 0 Å². The van der Waals surface area contributed by atoms with E-state index in [4.69, 9.17) is 4.74 Å². The summed E-state index contributed by atoms with van der Waals surface area (Å²) in [7, 11) is -3.71.